The number of rotatable bonds is 6. The van der Waals surface area contributed by atoms with Crippen LogP contribution < -0.4 is 4.74 Å². The minimum absolute atomic E-state index is 0.00460. The number of carbonyl (C=O) groups excluding carboxylic acids is 1. The molecule has 2 aromatic rings. The average Bonchev–Trinajstić information content (AvgIpc) is 2.90. The molecule has 0 spiro atoms. The van der Waals surface area contributed by atoms with E-state index in [1.54, 1.807) is 6.07 Å². The second-order valence-corrected chi connectivity index (χ2v) is 4.87. The van der Waals surface area contributed by atoms with Crippen LogP contribution in [-0.2, 0) is 0 Å². The van der Waals surface area contributed by atoms with Crippen molar-refractivity contribution < 1.29 is 18.3 Å². The number of halogens is 2. The lowest BCUT2D eigenvalue weighted by Crippen LogP contribution is -2.03. The average molecular weight is 282 g/mol. The highest BCUT2D eigenvalue weighted by atomic mass is 32.1. The number of ether oxygens (including phenoxy) is 1. The molecule has 0 saturated carbocycles. The zero-order valence-electron chi connectivity index (χ0n) is 10.1. The fraction of sp³-hybridized carbons (Fsp3) is 0.214. The van der Waals surface area contributed by atoms with Crippen LogP contribution in [0.15, 0.2) is 35.7 Å². The van der Waals surface area contributed by atoms with Gasteiger partial charge in [-0.05, 0) is 30.0 Å². The summed E-state index contributed by atoms with van der Waals surface area (Å²) in [6.45, 7) is 0.222. The zero-order valence-corrected chi connectivity index (χ0v) is 10.9. The van der Waals surface area contributed by atoms with E-state index in [0.29, 0.717) is 17.7 Å². The Morgan fingerprint density at radius 2 is 2.11 bits per heavy atom. The van der Waals surface area contributed by atoms with E-state index in [1.165, 1.54) is 17.4 Å². The van der Waals surface area contributed by atoms with Crippen LogP contribution in [0.3, 0.4) is 0 Å². The van der Waals surface area contributed by atoms with E-state index >= 15 is 0 Å². The maximum atomic E-state index is 13.2. The summed E-state index contributed by atoms with van der Waals surface area (Å²) >= 11 is 1.40. The van der Waals surface area contributed by atoms with E-state index in [2.05, 4.69) is 0 Å². The molecule has 0 atom stereocenters. The van der Waals surface area contributed by atoms with Gasteiger partial charge in [0.1, 0.15) is 5.82 Å². The van der Waals surface area contributed by atoms with Gasteiger partial charge >= 0.3 is 0 Å². The molecule has 0 bridgehead atoms. The summed E-state index contributed by atoms with van der Waals surface area (Å²) in [5.74, 6) is -1.31. The van der Waals surface area contributed by atoms with Crippen molar-refractivity contribution in [3.63, 3.8) is 0 Å². The number of ketones is 1. The van der Waals surface area contributed by atoms with Gasteiger partial charge in [0.2, 0.25) is 0 Å². The van der Waals surface area contributed by atoms with Gasteiger partial charge in [-0.1, -0.05) is 6.07 Å². The lowest BCUT2D eigenvalue weighted by atomic mass is 10.2. The number of Topliss-reactive ketones (excluding diaryl/α,β-unsaturated/α-hetero) is 1. The molecule has 0 fully saturated rings. The molecular weight excluding hydrogens is 270 g/mol. The van der Waals surface area contributed by atoms with Crippen molar-refractivity contribution >= 4 is 17.1 Å². The molecule has 0 unspecified atom stereocenters. The highest BCUT2D eigenvalue weighted by Crippen LogP contribution is 2.18. The molecular formula is C14H12F2O2S. The number of thiophene rings is 1. The Kier molecular flexibility index (Phi) is 4.63. The number of hydrogen-bond donors (Lipinski definition) is 0. The van der Waals surface area contributed by atoms with Crippen molar-refractivity contribution in [3.8, 4) is 5.75 Å². The predicted molar refractivity (Wildman–Crippen MR) is 69.7 cm³/mol. The second-order valence-electron chi connectivity index (χ2n) is 3.93. The van der Waals surface area contributed by atoms with Gasteiger partial charge in [-0.25, -0.2) is 8.78 Å². The monoisotopic (exact) mass is 282 g/mol. The first kappa shape index (κ1) is 13.7. The Morgan fingerprint density at radius 1 is 1.26 bits per heavy atom. The van der Waals surface area contributed by atoms with Crippen LogP contribution in [0.2, 0.25) is 0 Å². The molecule has 1 aromatic carbocycles. The SMILES string of the molecule is O=C(CCCOc1ccc(F)cc1F)c1cccs1. The van der Waals surface area contributed by atoms with Crippen molar-refractivity contribution in [2.24, 2.45) is 0 Å². The van der Waals surface area contributed by atoms with Crippen LogP contribution >= 0.6 is 11.3 Å². The Bertz CT molecular complexity index is 553. The smallest absolute Gasteiger partial charge is 0.172 e. The Balaban J connectivity index is 1.76. The molecule has 2 nitrogen and oxygen atoms in total. The maximum Gasteiger partial charge on any atom is 0.172 e. The van der Waals surface area contributed by atoms with Crippen molar-refractivity contribution in [3.05, 3.63) is 52.2 Å². The van der Waals surface area contributed by atoms with E-state index in [9.17, 15) is 13.6 Å². The summed E-state index contributed by atoms with van der Waals surface area (Å²) in [5.41, 5.74) is 0. The third kappa shape index (κ3) is 3.86. The van der Waals surface area contributed by atoms with Gasteiger partial charge in [0.05, 0.1) is 11.5 Å². The van der Waals surface area contributed by atoms with Crippen molar-refractivity contribution in [1.82, 2.24) is 0 Å². The van der Waals surface area contributed by atoms with Gasteiger partial charge in [0.15, 0.2) is 17.3 Å². The summed E-state index contributed by atoms with van der Waals surface area (Å²) in [6, 6.07) is 6.74. The van der Waals surface area contributed by atoms with E-state index < -0.39 is 11.6 Å². The van der Waals surface area contributed by atoms with Crippen LogP contribution in [0.25, 0.3) is 0 Å². The van der Waals surface area contributed by atoms with Gasteiger partial charge in [0.25, 0.3) is 0 Å². The van der Waals surface area contributed by atoms with Crippen LogP contribution in [0, 0.1) is 11.6 Å². The number of carbonyl (C=O) groups is 1. The Labute approximate surface area is 113 Å². The topological polar surface area (TPSA) is 26.3 Å². The third-order valence-electron chi connectivity index (χ3n) is 2.50. The molecule has 100 valence electrons. The zero-order chi connectivity index (χ0) is 13.7. The molecule has 0 aliphatic heterocycles. The van der Waals surface area contributed by atoms with Crippen molar-refractivity contribution in [2.75, 3.05) is 6.61 Å². The first-order valence-electron chi connectivity index (χ1n) is 5.81. The molecule has 0 amide bonds. The first-order valence-corrected chi connectivity index (χ1v) is 6.69. The van der Waals surface area contributed by atoms with Gasteiger partial charge in [0, 0.05) is 12.5 Å². The summed E-state index contributed by atoms with van der Waals surface area (Å²) in [4.78, 5) is 12.4. The molecule has 19 heavy (non-hydrogen) atoms. The lowest BCUT2D eigenvalue weighted by Gasteiger charge is -2.06. The quantitative estimate of drug-likeness (QED) is 0.589. The highest BCUT2D eigenvalue weighted by Gasteiger charge is 2.08. The van der Waals surface area contributed by atoms with Crippen LogP contribution in [0.4, 0.5) is 8.78 Å². The van der Waals surface area contributed by atoms with Gasteiger partial charge < -0.3 is 4.74 Å². The Morgan fingerprint density at radius 3 is 2.79 bits per heavy atom. The summed E-state index contributed by atoms with van der Waals surface area (Å²) in [5, 5.41) is 1.84. The van der Waals surface area contributed by atoms with Crippen LogP contribution in [0.1, 0.15) is 22.5 Å². The fourth-order valence-electron chi connectivity index (χ4n) is 1.57. The normalized spacial score (nSPS) is 10.4. The molecule has 0 saturated heterocycles. The minimum atomic E-state index is -0.732. The molecule has 0 aliphatic rings. The first-order chi connectivity index (χ1) is 9.16. The number of benzene rings is 1. The summed E-state index contributed by atoms with van der Waals surface area (Å²) in [7, 11) is 0. The molecule has 0 radical (unpaired) electrons. The van der Waals surface area contributed by atoms with E-state index in [-0.39, 0.29) is 18.1 Å². The van der Waals surface area contributed by atoms with Crippen molar-refractivity contribution in [1.29, 1.82) is 0 Å². The Hall–Kier alpha value is -1.75. The molecule has 0 aliphatic carbocycles. The lowest BCUT2D eigenvalue weighted by molar-refractivity contribution is 0.0977. The standard InChI is InChI=1S/C14H12F2O2S/c15-10-5-6-13(11(16)9-10)18-7-1-3-12(17)14-4-2-8-19-14/h2,4-6,8-9H,1,3,7H2. The van der Waals surface area contributed by atoms with E-state index in [0.717, 1.165) is 12.1 Å². The fourth-order valence-corrected chi connectivity index (χ4v) is 2.26. The molecule has 2 rings (SSSR count). The maximum absolute atomic E-state index is 13.2. The van der Waals surface area contributed by atoms with Crippen molar-refractivity contribution in [2.45, 2.75) is 12.8 Å². The van der Waals surface area contributed by atoms with Gasteiger partial charge in [-0.3, -0.25) is 4.79 Å². The molecule has 0 N–H and O–H groups in total. The van der Waals surface area contributed by atoms with Crippen LogP contribution in [0.5, 0.6) is 5.75 Å². The van der Waals surface area contributed by atoms with E-state index in [4.69, 9.17) is 4.74 Å². The predicted octanol–water partition coefficient (Wildman–Crippen LogP) is 4.07. The number of hydrogen-bond acceptors (Lipinski definition) is 3. The molecule has 5 heteroatoms. The van der Waals surface area contributed by atoms with E-state index in [1.807, 2.05) is 11.4 Å². The summed E-state index contributed by atoms with van der Waals surface area (Å²) in [6.07, 6.45) is 0.844. The molecule has 1 aromatic heterocycles. The summed E-state index contributed by atoms with van der Waals surface area (Å²) < 4.78 is 31.1. The van der Waals surface area contributed by atoms with Crippen LogP contribution in [-0.4, -0.2) is 12.4 Å². The van der Waals surface area contributed by atoms with Gasteiger partial charge in [-0.15, -0.1) is 11.3 Å². The highest BCUT2D eigenvalue weighted by molar-refractivity contribution is 7.12. The molecule has 1 heterocycles. The second kappa shape index (κ2) is 6.43. The largest absolute Gasteiger partial charge is 0.491 e. The third-order valence-corrected chi connectivity index (χ3v) is 3.41. The van der Waals surface area contributed by atoms with Gasteiger partial charge in [-0.2, -0.15) is 0 Å². The minimum Gasteiger partial charge on any atom is -0.491 e.